The summed E-state index contributed by atoms with van der Waals surface area (Å²) in [5, 5.41) is 7.04. The van der Waals surface area contributed by atoms with Crippen molar-refractivity contribution in [3.05, 3.63) is 47.6 Å². The first-order valence-corrected chi connectivity index (χ1v) is 9.04. The Hall–Kier alpha value is -2.21. The molecule has 1 fully saturated rings. The maximum atomic E-state index is 12.4. The van der Waals surface area contributed by atoms with Gasteiger partial charge in [0.05, 0.1) is 6.10 Å². The molecule has 0 radical (unpaired) electrons. The van der Waals surface area contributed by atoms with Gasteiger partial charge in [-0.05, 0) is 24.8 Å². The average Bonchev–Trinajstić information content (AvgIpc) is 3.31. The van der Waals surface area contributed by atoms with E-state index in [1.54, 1.807) is 0 Å². The van der Waals surface area contributed by atoms with E-state index in [0.29, 0.717) is 11.7 Å². The second kappa shape index (κ2) is 8.76. The number of nitrogens with one attached hydrogen (secondary N) is 1. The normalized spacial score (nSPS) is 16.0. The molecular formula is C19H25N3O3. The summed E-state index contributed by atoms with van der Waals surface area (Å²) in [6, 6.07) is 9.24. The Morgan fingerprint density at radius 1 is 1.32 bits per heavy atom. The van der Waals surface area contributed by atoms with Gasteiger partial charge in [-0.3, -0.25) is 4.79 Å². The van der Waals surface area contributed by atoms with Crippen LogP contribution in [0, 0.1) is 0 Å². The molecule has 6 heteroatoms. The number of hydrogen-bond acceptors (Lipinski definition) is 5. The fraction of sp³-hybridized carbons (Fsp3) is 0.526. The lowest BCUT2D eigenvalue weighted by molar-refractivity contribution is -0.128. The third kappa shape index (κ3) is 4.89. The molecule has 0 saturated heterocycles. The number of carbonyl (C=O) groups is 1. The summed E-state index contributed by atoms with van der Waals surface area (Å²) in [7, 11) is 0. The summed E-state index contributed by atoms with van der Waals surface area (Å²) in [5.41, 5.74) is 0.917. The van der Waals surface area contributed by atoms with E-state index < -0.39 is 6.04 Å². The van der Waals surface area contributed by atoms with Crippen LogP contribution in [0.2, 0.25) is 0 Å². The van der Waals surface area contributed by atoms with Gasteiger partial charge in [-0.25, -0.2) is 0 Å². The minimum absolute atomic E-state index is 0.0632. The molecule has 0 aliphatic heterocycles. The first kappa shape index (κ1) is 17.6. The smallest absolute Gasteiger partial charge is 0.246 e. The Bertz CT molecular complexity index is 666. The molecule has 134 valence electrons. The van der Waals surface area contributed by atoms with Crippen LogP contribution in [-0.4, -0.2) is 28.8 Å². The predicted molar refractivity (Wildman–Crippen MR) is 92.9 cm³/mol. The molecule has 0 unspecified atom stereocenters. The number of hydrogen-bond donors (Lipinski definition) is 1. The lowest BCUT2D eigenvalue weighted by Gasteiger charge is -2.17. The number of amides is 1. The van der Waals surface area contributed by atoms with Gasteiger partial charge in [-0.1, -0.05) is 55.3 Å². The van der Waals surface area contributed by atoms with E-state index in [-0.39, 0.29) is 18.6 Å². The average molecular weight is 343 g/mol. The molecule has 1 aliphatic carbocycles. The topological polar surface area (TPSA) is 77.2 Å². The lowest BCUT2D eigenvalue weighted by Crippen LogP contribution is -2.34. The van der Waals surface area contributed by atoms with Crippen LogP contribution in [0.5, 0.6) is 0 Å². The van der Waals surface area contributed by atoms with E-state index in [1.807, 2.05) is 30.3 Å². The maximum Gasteiger partial charge on any atom is 0.246 e. The molecule has 0 bridgehead atoms. The van der Waals surface area contributed by atoms with Gasteiger partial charge in [-0.15, -0.1) is 0 Å². The zero-order valence-corrected chi connectivity index (χ0v) is 14.6. The standard InChI is InChI=1S/C19H25N3O3/c1-2-8-17-21-19(22-25-17)18(14-9-4-3-5-10-14)20-16(23)13-24-15-11-6-7-12-15/h3-5,9-10,15,18H,2,6-8,11-13H2,1H3,(H,20,23)/t18-/m0/s1. The molecule has 1 aliphatic rings. The van der Waals surface area contributed by atoms with E-state index in [2.05, 4.69) is 22.4 Å². The molecule has 3 rings (SSSR count). The number of benzene rings is 1. The van der Waals surface area contributed by atoms with Crippen molar-refractivity contribution >= 4 is 5.91 Å². The van der Waals surface area contributed by atoms with Crippen LogP contribution < -0.4 is 5.32 Å². The highest BCUT2D eigenvalue weighted by Gasteiger charge is 2.23. The second-order valence-electron chi connectivity index (χ2n) is 6.42. The first-order chi connectivity index (χ1) is 12.3. The van der Waals surface area contributed by atoms with Gasteiger partial charge in [0.1, 0.15) is 12.6 Å². The first-order valence-electron chi connectivity index (χ1n) is 9.04. The Morgan fingerprint density at radius 3 is 2.80 bits per heavy atom. The molecule has 1 saturated carbocycles. The summed E-state index contributed by atoms with van der Waals surface area (Å²) >= 11 is 0. The van der Waals surface area contributed by atoms with Crippen molar-refractivity contribution in [1.29, 1.82) is 0 Å². The monoisotopic (exact) mass is 343 g/mol. The second-order valence-corrected chi connectivity index (χ2v) is 6.42. The minimum Gasteiger partial charge on any atom is -0.368 e. The Labute approximate surface area is 148 Å². The fourth-order valence-corrected chi connectivity index (χ4v) is 3.09. The summed E-state index contributed by atoms with van der Waals surface area (Å²) in [4.78, 5) is 16.8. The van der Waals surface area contributed by atoms with Gasteiger partial charge in [-0.2, -0.15) is 4.98 Å². The lowest BCUT2D eigenvalue weighted by atomic mass is 10.1. The van der Waals surface area contributed by atoms with Crippen molar-refractivity contribution in [2.24, 2.45) is 0 Å². The van der Waals surface area contributed by atoms with Crippen molar-refractivity contribution < 1.29 is 14.1 Å². The van der Waals surface area contributed by atoms with Gasteiger partial charge in [0.15, 0.2) is 5.82 Å². The van der Waals surface area contributed by atoms with E-state index in [9.17, 15) is 4.79 Å². The van der Waals surface area contributed by atoms with Crippen LogP contribution in [0.15, 0.2) is 34.9 Å². The van der Waals surface area contributed by atoms with Crippen molar-refractivity contribution in [3.63, 3.8) is 0 Å². The third-order valence-electron chi connectivity index (χ3n) is 4.40. The minimum atomic E-state index is -0.435. The molecule has 1 N–H and O–H groups in total. The Morgan fingerprint density at radius 2 is 2.08 bits per heavy atom. The van der Waals surface area contributed by atoms with E-state index >= 15 is 0 Å². The molecular weight excluding hydrogens is 318 g/mol. The highest BCUT2D eigenvalue weighted by atomic mass is 16.5. The van der Waals surface area contributed by atoms with Gasteiger partial charge in [0.2, 0.25) is 11.8 Å². The van der Waals surface area contributed by atoms with Gasteiger partial charge >= 0.3 is 0 Å². The van der Waals surface area contributed by atoms with Crippen molar-refractivity contribution in [2.45, 2.75) is 57.6 Å². The molecule has 1 aromatic carbocycles. The number of carbonyl (C=O) groups excluding carboxylic acids is 1. The summed E-state index contributed by atoms with van der Waals surface area (Å²) in [6.45, 7) is 2.12. The number of ether oxygens (including phenoxy) is 1. The molecule has 25 heavy (non-hydrogen) atoms. The van der Waals surface area contributed by atoms with Crippen LogP contribution in [-0.2, 0) is 16.0 Å². The predicted octanol–water partition coefficient (Wildman–Crippen LogP) is 3.19. The van der Waals surface area contributed by atoms with Crippen molar-refractivity contribution in [3.8, 4) is 0 Å². The largest absolute Gasteiger partial charge is 0.368 e. The van der Waals surface area contributed by atoms with Crippen LogP contribution in [0.25, 0.3) is 0 Å². The highest BCUT2D eigenvalue weighted by Crippen LogP contribution is 2.22. The Balaban J connectivity index is 1.68. The zero-order chi connectivity index (χ0) is 17.5. The van der Waals surface area contributed by atoms with E-state index in [0.717, 1.165) is 31.2 Å². The molecule has 2 aromatic rings. The van der Waals surface area contributed by atoms with Gasteiger partial charge in [0.25, 0.3) is 0 Å². The van der Waals surface area contributed by atoms with E-state index in [4.69, 9.17) is 9.26 Å². The quantitative estimate of drug-likeness (QED) is 0.796. The number of aryl methyl sites for hydroxylation is 1. The maximum absolute atomic E-state index is 12.4. The molecule has 6 nitrogen and oxygen atoms in total. The van der Waals surface area contributed by atoms with Gasteiger partial charge < -0.3 is 14.6 Å². The van der Waals surface area contributed by atoms with Gasteiger partial charge in [0, 0.05) is 6.42 Å². The van der Waals surface area contributed by atoms with Crippen LogP contribution in [0.1, 0.15) is 62.3 Å². The molecule has 1 heterocycles. The molecule has 1 amide bonds. The molecule has 0 spiro atoms. The van der Waals surface area contributed by atoms with Crippen LogP contribution in [0.4, 0.5) is 0 Å². The SMILES string of the molecule is CCCc1nc([C@@H](NC(=O)COC2CCCC2)c2ccccc2)no1. The zero-order valence-electron chi connectivity index (χ0n) is 14.6. The van der Waals surface area contributed by atoms with Crippen LogP contribution >= 0.6 is 0 Å². The molecule has 1 aromatic heterocycles. The third-order valence-corrected chi connectivity index (χ3v) is 4.40. The summed E-state index contributed by atoms with van der Waals surface area (Å²) in [6.07, 6.45) is 6.32. The summed E-state index contributed by atoms with van der Waals surface area (Å²) in [5.74, 6) is 0.904. The van der Waals surface area contributed by atoms with Crippen molar-refractivity contribution in [1.82, 2.24) is 15.5 Å². The summed E-state index contributed by atoms with van der Waals surface area (Å²) < 4.78 is 11.0. The fourth-order valence-electron chi connectivity index (χ4n) is 3.09. The molecule has 1 atom stereocenters. The van der Waals surface area contributed by atoms with Crippen molar-refractivity contribution in [2.75, 3.05) is 6.61 Å². The number of rotatable bonds is 8. The van der Waals surface area contributed by atoms with E-state index in [1.165, 1.54) is 12.8 Å². The Kier molecular flexibility index (Phi) is 6.17. The number of nitrogens with zero attached hydrogens (tertiary/aromatic N) is 2. The highest BCUT2D eigenvalue weighted by molar-refractivity contribution is 5.78. The number of aromatic nitrogens is 2. The van der Waals surface area contributed by atoms with Crippen LogP contribution in [0.3, 0.4) is 0 Å².